The van der Waals surface area contributed by atoms with Gasteiger partial charge in [-0.3, -0.25) is 9.59 Å². The quantitative estimate of drug-likeness (QED) is 0.794. The number of hydrogen-bond donors (Lipinski definition) is 0. The minimum atomic E-state index is -0.180. The fourth-order valence-corrected chi connectivity index (χ4v) is 3.07. The first-order valence-corrected chi connectivity index (χ1v) is 7.04. The molecule has 0 saturated carbocycles. The van der Waals surface area contributed by atoms with Gasteiger partial charge in [-0.1, -0.05) is 0 Å². The van der Waals surface area contributed by atoms with E-state index in [4.69, 9.17) is 9.47 Å². The summed E-state index contributed by atoms with van der Waals surface area (Å²) in [7, 11) is 2.96. The van der Waals surface area contributed by atoms with Crippen LogP contribution in [0, 0.1) is 5.92 Å². The number of thiophene rings is 1. The second-order valence-corrected chi connectivity index (χ2v) is 5.32. The number of piperidine rings is 1. The van der Waals surface area contributed by atoms with Crippen molar-refractivity contribution in [3.8, 4) is 5.75 Å². The lowest BCUT2D eigenvalue weighted by atomic mass is 9.97. The fourth-order valence-electron chi connectivity index (χ4n) is 2.24. The highest BCUT2D eigenvalue weighted by atomic mass is 32.1. The molecule has 1 amide bonds. The van der Waals surface area contributed by atoms with Crippen LogP contribution >= 0.6 is 11.3 Å². The summed E-state index contributed by atoms with van der Waals surface area (Å²) < 4.78 is 9.90. The maximum Gasteiger partial charge on any atom is 0.308 e. The molecule has 0 radical (unpaired) electrons. The van der Waals surface area contributed by atoms with Crippen LogP contribution in [0.25, 0.3) is 0 Å². The Morgan fingerprint density at radius 1 is 1.32 bits per heavy atom. The predicted molar refractivity (Wildman–Crippen MR) is 71.5 cm³/mol. The van der Waals surface area contributed by atoms with E-state index in [0.29, 0.717) is 36.6 Å². The molecule has 1 aliphatic heterocycles. The molecule has 1 aromatic heterocycles. The van der Waals surface area contributed by atoms with E-state index in [1.165, 1.54) is 18.4 Å². The number of carbonyl (C=O) groups excluding carboxylic acids is 2. The van der Waals surface area contributed by atoms with Crippen LogP contribution in [-0.4, -0.2) is 44.1 Å². The Labute approximate surface area is 116 Å². The van der Waals surface area contributed by atoms with Crippen molar-refractivity contribution in [3.63, 3.8) is 0 Å². The molecule has 2 rings (SSSR count). The summed E-state index contributed by atoms with van der Waals surface area (Å²) in [5.74, 6) is 0.334. The SMILES string of the molecule is COC(=O)C1CCN(C(=O)c2sccc2OC)CC1. The van der Waals surface area contributed by atoms with Gasteiger partial charge in [0, 0.05) is 13.1 Å². The zero-order valence-electron chi connectivity index (χ0n) is 11.0. The molecule has 0 spiro atoms. The van der Waals surface area contributed by atoms with Crippen LogP contribution in [0.4, 0.5) is 0 Å². The van der Waals surface area contributed by atoms with Crippen LogP contribution in [-0.2, 0) is 9.53 Å². The third-order valence-electron chi connectivity index (χ3n) is 3.36. The molecule has 1 saturated heterocycles. The predicted octanol–water partition coefficient (Wildman–Crippen LogP) is 1.78. The van der Waals surface area contributed by atoms with Gasteiger partial charge in [0.05, 0.1) is 20.1 Å². The molecule has 0 atom stereocenters. The van der Waals surface area contributed by atoms with Crippen molar-refractivity contribution in [2.75, 3.05) is 27.3 Å². The largest absolute Gasteiger partial charge is 0.495 e. The van der Waals surface area contributed by atoms with Gasteiger partial charge in [0.15, 0.2) is 0 Å². The van der Waals surface area contributed by atoms with E-state index in [1.54, 1.807) is 18.1 Å². The summed E-state index contributed by atoms with van der Waals surface area (Å²) >= 11 is 1.38. The zero-order valence-corrected chi connectivity index (χ0v) is 11.9. The van der Waals surface area contributed by atoms with Gasteiger partial charge in [0.1, 0.15) is 10.6 Å². The van der Waals surface area contributed by atoms with Gasteiger partial charge in [-0.25, -0.2) is 0 Å². The Morgan fingerprint density at radius 2 is 2.00 bits per heavy atom. The number of nitrogens with zero attached hydrogens (tertiary/aromatic N) is 1. The number of methoxy groups -OCH3 is 2. The Balaban J connectivity index is 1.98. The van der Waals surface area contributed by atoms with Crippen LogP contribution < -0.4 is 4.74 Å². The molecule has 0 aliphatic carbocycles. The van der Waals surface area contributed by atoms with E-state index in [-0.39, 0.29) is 17.8 Å². The first kappa shape index (κ1) is 13.9. The summed E-state index contributed by atoms with van der Waals surface area (Å²) in [5.41, 5.74) is 0. The lowest BCUT2D eigenvalue weighted by Gasteiger charge is -2.30. The van der Waals surface area contributed by atoms with Crippen molar-refractivity contribution in [2.45, 2.75) is 12.8 Å². The van der Waals surface area contributed by atoms with Gasteiger partial charge in [-0.15, -0.1) is 11.3 Å². The summed E-state index contributed by atoms with van der Waals surface area (Å²) in [6, 6.07) is 1.79. The van der Waals surface area contributed by atoms with Crippen molar-refractivity contribution in [2.24, 2.45) is 5.92 Å². The molecule has 19 heavy (non-hydrogen) atoms. The molecule has 0 bridgehead atoms. The summed E-state index contributed by atoms with van der Waals surface area (Å²) in [6.07, 6.45) is 1.32. The first-order chi connectivity index (χ1) is 9.17. The van der Waals surface area contributed by atoms with E-state index in [1.807, 2.05) is 5.38 Å². The highest BCUT2D eigenvalue weighted by molar-refractivity contribution is 7.12. The van der Waals surface area contributed by atoms with Gasteiger partial charge in [-0.2, -0.15) is 0 Å². The number of ether oxygens (including phenoxy) is 2. The molecule has 0 N–H and O–H groups in total. The van der Waals surface area contributed by atoms with Gasteiger partial charge < -0.3 is 14.4 Å². The first-order valence-electron chi connectivity index (χ1n) is 6.16. The van der Waals surface area contributed by atoms with E-state index >= 15 is 0 Å². The molecule has 0 unspecified atom stereocenters. The average molecular weight is 283 g/mol. The van der Waals surface area contributed by atoms with Gasteiger partial charge >= 0.3 is 5.97 Å². The maximum absolute atomic E-state index is 12.3. The van der Waals surface area contributed by atoms with E-state index in [9.17, 15) is 9.59 Å². The number of likely N-dealkylation sites (tertiary alicyclic amines) is 1. The minimum Gasteiger partial charge on any atom is -0.495 e. The highest BCUT2D eigenvalue weighted by Gasteiger charge is 2.29. The molecule has 1 aliphatic rings. The van der Waals surface area contributed by atoms with Crippen molar-refractivity contribution in [1.29, 1.82) is 0 Å². The van der Waals surface area contributed by atoms with Crippen molar-refractivity contribution in [1.82, 2.24) is 4.90 Å². The monoisotopic (exact) mass is 283 g/mol. The molecule has 5 nitrogen and oxygen atoms in total. The van der Waals surface area contributed by atoms with Crippen molar-refractivity contribution < 1.29 is 19.1 Å². The fraction of sp³-hybridized carbons (Fsp3) is 0.538. The second-order valence-electron chi connectivity index (χ2n) is 4.41. The molecule has 1 fully saturated rings. The highest BCUT2D eigenvalue weighted by Crippen LogP contribution is 2.28. The normalized spacial score (nSPS) is 16.2. The minimum absolute atomic E-state index is 0.0184. The van der Waals surface area contributed by atoms with Crippen LogP contribution in [0.1, 0.15) is 22.5 Å². The van der Waals surface area contributed by atoms with Gasteiger partial charge in [-0.05, 0) is 24.3 Å². The number of esters is 1. The topological polar surface area (TPSA) is 55.8 Å². The van der Waals surface area contributed by atoms with E-state index in [0.717, 1.165) is 0 Å². The molecule has 104 valence electrons. The maximum atomic E-state index is 12.3. The Morgan fingerprint density at radius 3 is 2.58 bits per heavy atom. The van der Waals surface area contributed by atoms with Gasteiger partial charge in [0.25, 0.3) is 5.91 Å². The van der Waals surface area contributed by atoms with E-state index in [2.05, 4.69) is 0 Å². The molecule has 1 aromatic rings. The number of rotatable bonds is 3. The third-order valence-corrected chi connectivity index (χ3v) is 4.24. The Hall–Kier alpha value is -1.56. The Bertz CT molecular complexity index is 463. The standard InChI is InChI=1S/C13H17NO4S/c1-17-10-5-8-19-11(10)12(15)14-6-3-9(4-7-14)13(16)18-2/h5,8-9H,3-4,6-7H2,1-2H3. The van der Waals surface area contributed by atoms with Crippen LogP contribution in [0.15, 0.2) is 11.4 Å². The zero-order chi connectivity index (χ0) is 13.8. The average Bonchev–Trinajstić information content (AvgIpc) is 2.94. The smallest absolute Gasteiger partial charge is 0.308 e. The van der Waals surface area contributed by atoms with Crippen LogP contribution in [0.5, 0.6) is 5.75 Å². The lowest BCUT2D eigenvalue weighted by molar-refractivity contribution is -0.146. The molecular weight excluding hydrogens is 266 g/mol. The summed E-state index contributed by atoms with van der Waals surface area (Å²) in [5, 5.41) is 1.84. The van der Waals surface area contributed by atoms with Crippen LogP contribution in [0.2, 0.25) is 0 Å². The van der Waals surface area contributed by atoms with Crippen molar-refractivity contribution >= 4 is 23.2 Å². The molecule has 6 heteroatoms. The van der Waals surface area contributed by atoms with Crippen molar-refractivity contribution in [3.05, 3.63) is 16.3 Å². The van der Waals surface area contributed by atoms with Gasteiger partial charge in [0.2, 0.25) is 0 Å². The molecular formula is C13H17NO4S. The second kappa shape index (κ2) is 6.06. The number of amides is 1. The molecule has 2 heterocycles. The third kappa shape index (κ3) is 2.89. The molecule has 0 aromatic carbocycles. The lowest BCUT2D eigenvalue weighted by Crippen LogP contribution is -2.40. The van der Waals surface area contributed by atoms with E-state index < -0.39 is 0 Å². The Kier molecular flexibility index (Phi) is 4.42. The summed E-state index contributed by atoms with van der Waals surface area (Å²) in [6.45, 7) is 1.17. The number of hydrogen-bond acceptors (Lipinski definition) is 5. The number of carbonyl (C=O) groups is 2. The van der Waals surface area contributed by atoms with Crippen LogP contribution in [0.3, 0.4) is 0 Å². The summed E-state index contributed by atoms with van der Waals surface area (Å²) in [4.78, 5) is 26.2.